The molecule has 0 aliphatic heterocycles. The zero-order chi connectivity index (χ0) is 34.2. The van der Waals surface area contributed by atoms with Crippen molar-refractivity contribution in [1.29, 1.82) is 0 Å². The molecule has 0 radical (unpaired) electrons. The fourth-order valence-corrected chi connectivity index (χ4v) is 8.68. The van der Waals surface area contributed by atoms with Crippen LogP contribution in [0.15, 0.2) is 179 Å². The zero-order valence-corrected chi connectivity index (χ0v) is 28.6. The Morgan fingerprint density at radius 1 is 0.423 bits per heavy atom. The van der Waals surface area contributed by atoms with Gasteiger partial charge in [-0.25, -0.2) is 4.98 Å². The van der Waals surface area contributed by atoms with Crippen LogP contribution in [0.2, 0.25) is 0 Å². The molecule has 0 spiro atoms. The number of thiophene rings is 1. The van der Waals surface area contributed by atoms with Crippen LogP contribution in [-0.4, -0.2) is 4.98 Å². The molecule has 0 saturated carbocycles. The Hall–Kier alpha value is -6.69. The predicted molar refractivity (Wildman–Crippen MR) is 217 cm³/mol. The van der Waals surface area contributed by atoms with E-state index in [2.05, 4.69) is 138 Å². The number of aromatic nitrogens is 1. The van der Waals surface area contributed by atoms with Crippen LogP contribution < -0.4 is 4.90 Å². The monoisotopic (exact) mass is 684 g/mol. The predicted octanol–water partition coefficient (Wildman–Crippen LogP) is 14.1. The molecule has 0 N–H and O–H groups in total. The molecule has 0 unspecified atom stereocenters. The summed E-state index contributed by atoms with van der Waals surface area (Å²) in [5, 5.41) is 7.03. The molecule has 8 aromatic carbocycles. The zero-order valence-electron chi connectivity index (χ0n) is 27.8. The minimum absolute atomic E-state index is 0.600. The van der Waals surface area contributed by atoms with Gasteiger partial charge >= 0.3 is 0 Å². The molecule has 52 heavy (non-hydrogen) atoms. The number of fused-ring (bicyclic) bond motifs is 8. The number of oxazole rings is 1. The van der Waals surface area contributed by atoms with Crippen LogP contribution in [0, 0.1) is 0 Å². The third-order valence-electron chi connectivity index (χ3n) is 10.1. The highest BCUT2D eigenvalue weighted by Gasteiger charge is 2.19. The van der Waals surface area contributed by atoms with Gasteiger partial charge in [-0.3, -0.25) is 0 Å². The number of furan rings is 1. The van der Waals surface area contributed by atoms with E-state index in [0.717, 1.165) is 55.7 Å². The van der Waals surface area contributed by atoms with Gasteiger partial charge in [0.1, 0.15) is 16.7 Å². The smallest absolute Gasteiger partial charge is 0.227 e. The molecule has 3 heterocycles. The summed E-state index contributed by atoms with van der Waals surface area (Å²) in [6, 6.07) is 60.0. The maximum absolute atomic E-state index is 6.42. The molecule has 5 heteroatoms. The van der Waals surface area contributed by atoms with Crippen molar-refractivity contribution in [2.45, 2.75) is 0 Å². The normalized spacial score (nSPS) is 11.8. The fourth-order valence-electron chi connectivity index (χ4n) is 7.60. The lowest BCUT2D eigenvalue weighted by Crippen LogP contribution is -2.09. The highest BCUT2D eigenvalue weighted by Crippen LogP contribution is 2.43. The Balaban J connectivity index is 1.08. The van der Waals surface area contributed by atoms with Gasteiger partial charge < -0.3 is 13.7 Å². The van der Waals surface area contributed by atoms with Gasteiger partial charge in [-0.05, 0) is 94.7 Å². The van der Waals surface area contributed by atoms with Crippen LogP contribution in [0.1, 0.15) is 0 Å². The molecule has 0 saturated heterocycles. The molecule has 0 aliphatic carbocycles. The van der Waals surface area contributed by atoms with Gasteiger partial charge in [-0.15, -0.1) is 11.3 Å². The summed E-state index contributed by atoms with van der Waals surface area (Å²) < 4.78 is 15.3. The highest BCUT2D eigenvalue weighted by atomic mass is 32.1. The Kier molecular flexibility index (Phi) is 6.39. The molecule has 0 amide bonds. The van der Waals surface area contributed by atoms with Crippen LogP contribution in [0.4, 0.5) is 17.1 Å². The number of anilines is 3. The van der Waals surface area contributed by atoms with Gasteiger partial charge in [0.05, 0.1) is 0 Å². The molecule has 11 rings (SSSR count). The largest absolute Gasteiger partial charge is 0.456 e. The second kappa shape index (κ2) is 11.4. The van der Waals surface area contributed by atoms with Crippen LogP contribution >= 0.6 is 11.3 Å². The van der Waals surface area contributed by atoms with Crippen molar-refractivity contribution in [3.63, 3.8) is 0 Å². The van der Waals surface area contributed by atoms with Crippen LogP contribution in [0.5, 0.6) is 0 Å². The molecule has 4 nitrogen and oxygen atoms in total. The summed E-state index contributed by atoms with van der Waals surface area (Å²) in [5.74, 6) is 0.600. The summed E-state index contributed by atoms with van der Waals surface area (Å²) in [6.45, 7) is 0. The lowest BCUT2D eigenvalue weighted by Gasteiger charge is -2.26. The van der Waals surface area contributed by atoms with E-state index in [4.69, 9.17) is 13.8 Å². The van der Waals surface area contributed by atoms with Crippen LogP contribution in [0.3, 0.4) is 0 Å². The van der Waals surface area contributed by atoms with Crippen molar-refractivity contribution >= 4 is 92.4 Å². The summed E-state index contributed by atoms with van der Waals surface area (Å²) in [5.41, 5.74) is 9.65. The number of nitrogens with zero attached hydrogens (tertiary/aromatic N) is 2. The van der Waals surface area contributed by atoms with Crippen LogP contribution in [0.25, 0.3) is 86.6 Å². The third-order valence-corrected chi connectivity index (χ3v) is 11.2. The minimum Gasteiger partial charge on any atom is -0.456 e. The van der Waals surface area contributed by atoms with Crippen molar-refractivity contribution in [2.75, 3.05) is 4.90 Å². The van der Waals surface area contributed by atoms with Gasteiger partial charge in [-0.1, -0.05) is 91.0 Å². The lowest BCUT2D eigenvalue weighted by molar-refractivity contribution is 0.620. The third kappa shape index (κ3) is 4.64. The van der Waals surface area contributed by atoms with Gasteiger partial charge in [0.25, 0.3) is 0 Å². The van der Waals surface area contributed by atoms with Gasteiger partial charge in [0.15, 0.2) is 5.58 Å². The molecule has 0 aliphatic rings. The van der Waals surface area contributed by atoms with Crippen molar-refractivity contribution in [3.8, 4) is 22.6 Å². The van der Waals surface area contributed by atoms with E-state index < -0.39 is 0 Å². The van der Waals surface area contributed by atoms with E-state index >= 15 is 0 Å². The van der Waals surface area contributed by atoms with Gasteiger partial charge in [-0.2, -0.15) is 0 Å². The highest BCUT2D eigenvalue weighted by molar-refractivity contribution is 7.25. The van der Waals surface area contributed by atoms with Gasteiger partial charge in [0, 0.05) is 59.6 Å². The van der Waals surface area contributed by atoms with Crippen molar-refractivity contribution < 1.29 is 8.83 Å². The number of hydrogen-bond donors (Lipinski definition) is 0. The molecule has 244 valence electrons. The molecular formula is C47H28N2O2S. The molecule has 0 atom stereocenters. The fraction of sp³-hybridized carbons (Fsp3) is 0. The molecular weight excluding hydrogens is 657 g/mol. The topological polar surface area (TPSA) is 42.4 Å². The molecule has 0 bridgehead atoms. The van der Waals surface area contributed by atoms with Gasteiger partial charge in [0.2, 0.25) is 5.89 Å². The first kappa shape index (κ1) is 29.1. The number of hydrogen-bond acceptors (Lipinski definition) is 5. The van der Waals surface area contributed by atoms with E-state index in [1.807, 2.05) is 47.7 Å². The van der Waals surface area contributed by atoms with E-state index in [1.54, 1.807) is 0 Å². The molecule has 3 aromatic heterocycles. The van der Waals surface area contributed by atoms with E-state index in [-0.39, 0.29) is 0 Å². The first-order valence-corrected chi connectivity index (χ1v) is 18.2. The first-order chi connectivity index (χ1) is 25.7. The molecule has 0 fully saturated rings. The Morgan fingerprint density at radius 3 is 2.00 bits per heavy atom. The van der Waals surface area contributed by atoms with E-state index in [9.17, 15) is 0 Å². The maximum atomic E-state index is 6.42. The quantitative estimate of drug-likeness (QED) is 0.181. The number of rotatable bonds is 5. The van der Waals surface area contributed by atoms with E-state index in [1.165, 1.54) is 42.1 Å². The summed E-state index contributed by atoms with van der Waals surface area (Å²) in [6.07, 6.45) is 0. The second-order valence-corrected chi connectivity index (χ2v) is 14.3. The SMILES string of the molecule is c1ccc(-c2nc3cc4oc5ccc(N(c6ccc(-c7cccc8ccccc78)cc6)c6ccc7sc8ccccc8c7c6)cc5c4cc3o2)cc1. The van der Waals surface area contributed by atoms with Crippen molar-refractivity contribution in [1.82, 2.24) is 4.98 Å². The standard InChI is InChI=1S/C47H28N2O2S/c1-2-10-31(11-3-1)47-48-41-28-43-39(27-44(41)51-47)38-25-33(21-23-42(38)50-43)49(34-22-24-46-40(26-34)37-14-6-7-16-45(37)52-46)32-19-17-30(18-20-32)36-15-8-12-29-9-4-5-13-35(29)36/h1-28H. The second-order valence-electron chi connectivity index (χ2n) is 13.2. The van der Waals surface area contributed by atoms with E-state index in [0.29, 0.717) is 5.89 Å². The van der Waals surface area contributed by atoms with Crippen LogP contribution in [-0.2, 0) is 0 Å². The first-order valence-electron chi connectivity index (χ1n) is 17.4. The Labute approximate surface area is 302 Å². The average Bonchev–Trinajstić information content (AvgIpc) is 3.90. The summed E-state index contributed by atoms with van der Waals surface area (Å²) in [4.78, 5) is 7.13. The Bertz CT molecular complexity index is 3130. The minimum atomic E-state index is 0.600. The van der Waals surface area contributed by atoms with Crippen molar-refractivity contribution in [2.24, 2.45) is 0 Å². The lowest BCUT2D eigenvalue weighted by atomic mass is 9.98. The maximum Gasteiger partial charge on any atom is 0.227 e. The number of benzene rings is 8. The van der Waals surface area contributed by atoms with Crippen molar-refractivity contribution in [3.05, 3.63) is 170 Å². The Morgan fingerprint density at radius 2 is 1.12 bits per heavy atom. The summed E-state index contributed by atoms with van der Waals surface area (Å²) in [7, 11) is 0. The summed E-state index contributed by atoms with van der Waals surface area (Å²) >= 11 is 1.83. The molecule has 11 aromatic rings. The average molecular weight is 685 g/mol.